The van der Waals surface area contributed by atoms with E-state index in [2.05, 4.69) is 66.6 Å². The number of nitrogens with one attached hydrogen (secondary N) is 2. The van der Waals surface area contributed by atoms with E-state index in [0.29, 0.717) is 24.1 Å². The van der Waals surface area contributed by atoms with Gasteiger partial charge in [0.05, 0.1) is 6.10 Å². The first kappa shape index (κ1) is 21.7. The highest BCUT2D eigenvalue weighted by Crippen LogP contribution is 2.51. The van der Waals surface area contributed by atoms with Crippen molar-refractivity contribution in [2.75, 3.05) is 31.1 Å². The van der Waals surface area contributed by atoms with Crippen LogP contribution >= 0.6 is 24.0 Å². The maximum atomic E-state index is 6.05. The van der Waals surface area contributed by atoms with Crippen LogP contribution in [0.1, 0.15) is 40.0 Å². The van der Waals surface area contributed by atoms with Gasteiger partial charge < -0.3 is 20.3 Å². The molecule has 0 amide bonds. The molecule has 5 nitrogen and oxygen atoms in total. The molecule has 1 aromatic carbocycles. The number of benzene rings is 1. The molecule has 6 heteroatoms. The molecule has 2 aliphatic heterocycles. The number of guanidine groups is 1. The van der Waals surface area contributed by atoms with Gasteiger partial charge in [-0.1, -0.05) is 32.0 Å². The lowest BCUT2D eigenvalue weighted by atomic mass is 9.55. The van der Waals surface area contributed by atoms with Crippen LogP contribution in [0, 0.1) is 11.3 Å². The quantitative estimate of drug-likeness (QED) is 0.378. The maximum Gasteiger partial charge on any atom is 0.191 e. The minimum atomic E-state index is 0. The Morgan fingerprint density at radius 3 is 2.75 bits per heavy atom. The summed E-state index contributed by atoms with van der Waals surface area (Å²) in [5.74, 6) is 1.58. The highest BCUT2D eigenvalue weighted by Gasteiger charge is 2.58. The molecule has 0 spiro atoms. The predicted molar refractivity (Wildman–Crippen MR) is 127 cm³/mol. The van der Waals surface area contributed by atoms with Gasteiger partial charge in [0, 0.05) is 55.3 Å². The van der Waals surface area contributed by atoms with Crippen LogP contribution < -0.4 is 15.5 Å². The summed E-state index contributed by atoms with van der Waals surface area (Å²) in [6.45, 7) is 10.6. The van der Waals surface area contributed by atoms with Crippen molar-refractivity contribution in [2.45, 2.75) is 58.2 Å². The van der Waals surface area contributed by atoms with E-state index in [4.69, 9.17) is 9.73 Å². The second-order valence-electron chi connectivity index (χ2n) is 8.78. The minimum absolute atomic E-state index is 0. The van der Waals surface area contributed by atoms with Crippen molar-refractivity contribution in [1.29, 1.82) is 0 Å². The highest BCUT2D eigenvalue weighted by molar-refractivity contribution is 14.0. The monoisotopic (exact) mass is 498 g/mol. The Morgan fingerprint density at radius 1 is 1.21 bits per heavy atom. The largest absolute Gasteiger partial charge is 0.377 e. The maximum absolute atomic E-state index is 6.05. The third-order valence-electron chi connectivity index (χ3n) is 6.59. The Morgan fingerprint density at radius 2 is 2.00 bits per heavy atom. The molecule has 0 radical (unpaired) electrons. The molecule has 2 N–H and O–H groups in total. The van der Waals surface area contributed by atoms with Gasteiger partial charge in [-0.2, -0.15) is 0 Å². The smallest absolute Gasteiger partial charge is 0.191 e. The van der Waals surface area contributed by atoms with Gasteiger partial charge in [-0.25, -0.2) is 0 Å². The van der Waals surface area contributed by atoms with Crippen LogP contribution in [0.15, 0.2) is 35.3 Å². The Labute approximate surface area is 186 Å². The zero-order valence-electron chi connectivity index (χ0n) is 17.4. The molecule has 4 rings (SSSR count). The Balaban J connectivity index is 0.00000225. The Kier molecular flexibility index (Phi) is 7.12. The van der Waals surface area contributed by atoms with E-state index >= 15 is 0 Å². The summed E-state index contributed by atoms with van der Waals surface area (Å²) in [6, 6.07) is 11.6. The van der Waals surface area contributed by atoms with Gasteiger partial charge in [-0.15, -0.1) is 24.0 Å². The Hall–Kier alpha value is -1.02. The fourth-order valence-electron chi connectivity index (χ4n) is 5.20. The molecule has 0 bridgehead atoms. The predicted octanol–water partition coefficient (Wildman–Crippen LogP) is 3.64. The fraction of sp³-hybridized carbons (Fsp3) is 0.682. The lowest BCUT2D eigenvalue weighted by Gasteiger charge is -2.60. The SMILES string of the molecule is CCN=C(NC1CCN(c2ccccc2)C1)NC1C2CCCOC2C1(C)C.I. The normalized spacial score (nSPS) is 31.4. The van der Waals surface area contributed by atoms with Crippen LogP contribution in [0.5, 0.6) is 0 Å². The lowest BCUT2D eigenvalue weighted by molar-refractivity contribution is -0.188. The number of anilines is 1. The average Bonchev–Trinajstić information content (AvgIpc) is 3.15. The molecule has 2 saturated heterocycles. The molecule has 1 aliphatic carbocycles. The van der Waals surface area contributed by atoms with E-state index < -0.39 is 0 Å². The minimum Gasteiger partial charge on any atom is -0.377 e. The number of para-hydroxylation sites is 1. The fourth-order valence-corrected chi connectivity index (χ4v) is 5.20. The molecule has 28 heavy (non-hydrogen) atoms. The number of halogens is 1. The summed E-state index contributed by atoms with van der Waals surface area (Å²) in [4.78, 5) is 7.20. The van der Waals surface area contributed by atoms with E-state index in [1.54, 1.807) is 0 Å². The second kappa shape index (κ2) is 9.20. The molecule has 156 valence electrons. The van der Waals surface area contributed by atoms with E-state index in [-0.39, 0.29) is 29.4 Å². The van der Waals surface area contributed by atoms with Crippen molar-refractivity contribution in [3.05, 3.63) is 30.3 Å². The summed E-state index contributed by atoms with van der Waals surface area (Å²) in [7, 11) is 0. The van der Waals surface area contributed by atoms with Crippen molar-refractivity contribution in [2.24, 2.45) is 16.3 Å². The van der Waals surface area contributed by atoms with Crippen LogP contribution in [0.4, 0.5) is 5.69 Å². The standard InChI is InChI=1S/C22H34N4O.HI/c1-4-23-21(25-19-18-11-8-14-27-20(18)22(19,2)3)24-16-12-13-26(15-16)17-9-6-5-7-10-17;/h5-7,9-10,16,18-20H,4,8,11-15H2,1-3H3,(H2,23,24,25);1H. The van der Waals surface area contributed by atoms with Gasteiger partial charge in [0.1, 0.15) is 0 Å². The zero-order chi connectivity index (χ0) is 18.9. The molecule has 4 unspecified atom stereocenters. The number of rotatable bonds is 4. The van der Waals surface area contributed by atoms with Crippen molar-refractivity contribution in [1.82, 2.24) is 10.6 Å². The first-order valence-corrected chi connectivity index (χ1v) is 10.6. The molecule has 1 saturated carbocycles. The molecule has 4 atom stereocenters. The topological polar surface area (TPSA) is 48.9 Å². The number of fused-ring (bicyclic) bond motifs is 1. The summed E-state index contributed by atoms with van der Waals surface area (Å²) in [5.41, 5.74) is 1.47. The van der Waals surface area contributed by atoms with Gasteiger partial charge in [-0.3, -0.25) is 4.99 Å². The van der Waals surface area contributed by atoms with Crippen LogP contribution in [0.25, 0.3) is 0 Å². The van der Waals surface area contributed by atoms with Gasteiger partial charge in [0.15, 0.2) is 5.96 Å². The third-order valence-corrected chi connectivity index (χ3v) is 6.59. The van der Waals surface area contributed by atoms with Crippen LogP contribution in [-0.4, -0.2) is 50.4 Å². The van der Waals surface area contributed by atoms with E-state index in [1.807, 2.05) is 0 Å². The summed E-state index contributed by atoms with van der Waals surface area (Å²) >= 11 is 0. The Bertz CT molecular complexity index is 666. The number of ether oxygens (including phenoxy) is 1. The zero-order valence-corrected chi connectivity index (χ0v) is 19.7. The first-order chi connectivity index (χ1) is 13.1. The molecular formula is C22H35IN4O. The average molecular weight is 498 g/mol. The van der Waals surface area contributed by atoms with Crippen molar-refractivity contribution in [3.8, 4) is 0 Å². The number of nitrogens with zero attached hydrogens (tertiary/aromatic N) is 2. The molecule has 1 aromatic rings. The lowest BCUT2D eigenvalue weighted by Crippen LogP contribution is -2.71. The second-order valence-corrected chi connectivity index (χ2v) is 8.78. The van der Waals surface area contributed by atoms with Crippen LogP contribution in [0.3, 0.4) is 0 Å². The van der Waals surface area contributed by atoms with Gasteiger partial charge in [0.25, 0.3) is 0 Å². The number of aliphatic imine (C=N–C) groups is 1. The number of hydrogen-bond acceptors (Lipinski definition) is 3. The summed E-state index contributed by atoms with van der Waals surface area (Å²) in [6.07, 6.45) is 3.98. The van der Waals surface area contributed by atoms with E-state index in [9.17, 15) is 0 Å². The summed E-state index contributed by atoms with van der Waals surface area (Å²) < 4.78 is 6.05. The molecule has 0 aromatic heterocycles. The van der Waals surface area contributed by atoms with Gasteiger partial charge in [0.2, 0.25) is 0 Å². The van der Waals surface area contributed by atoms with Crippen molar-refractivity contribution < 1.29 is 4.74 Å². The third kappa shape index (κ3) is 4.27. The summed E-state index contributed by atoms with van der Waals surface area (Å²) in [5, 5.41) is 7.47. The van der Waals surface area contributed by atoms with Crippen LogP contribution in [0.2, 0.25) is 0 Å². The highest BCUT2D eigenvalue weighted by atomic mass is 127. The van der Waals surface area contributed by atoms with Gasteiger partial charge in [-0.05, 0) is 38.3 Å². The van der Waals surface area contributed by atoms with E-state index in [0.717, 1.165) is 38.6 Å². The van der Waals surface area contributed by atoms with E-state index in [1.165, 1.54) is 18.5 Å². The number of hydrogen-bond donors (Lipinski definition) is 2. The molecule has 3 fully saturated rings. The molecular weight excluding hydrogens is 463 g/mol. The van der Waals surface area contributed by atoms with Gasteiger partial charge >= 0.3 is 0 Å². The molecule has 3 aliphatic rings. The van der Waals surface area contributed by atoms with Crippen LogP contribution in [-0.2, 0) is 4.74 Å². The van der Waals surface area contributed by atoms with Crippen molar-refractivity contribution >= 4 is 35.6 Å². The van der Waals surface area contributed by atoms with Crippen molar-refractivity contribution in [3.63, 3.8) is 0 Å². The first-order valence-electron chi connectivity index (χ1n) is 10.6. The molecule has 2 heterocycles.